The minimum atomic E-state index is -0.758. The number of hydrogen-bond acceptors (Lipinski definition) is 6. The van der Waals surface area contributed by atoms with Gasteiger partial charge in [0.2, 0.25) is 0 Å². The van der Waals surface area contributed by atoms with Crippen molar-refractivity contribution in [3.05, 3.63) is 0 Å². The largest absolute Gasteiger partial charge is 0.462 e. The van der Waals surface area contributed by atoms with Crippen molar-refractivity contribution in [1.29, 1.82) is 0 Å². The highest BCUT2D eigenvalue weighted by molar-refractivity contribution is 5.71. The molecule has 0 unspecified atom stereocenters. The Morgan fingerprint density at radius 1 is 0.404 bits per heavy atom. The van der Waals surface area contributed by atoms with E-state index in [9.17, 15) is 14.4 Å². The summed E-state index contributed by atoms with van der Waals surface area (Å²) in [6.07, 6.45) is 29.7. The summed E-state index contributed by atoms with van der Waals surface area (Å²) < 4.78 is 16.6. The van der Waals surface area contributed by atoms with E-state index in [4.69, 9.17) is 14.2 Å². The van der Waals surface area contributed by atoms with Crippen molar-refractivity contribution >= 4 is 17.9 Å². The predicted octanol–water partition coefficient (Wildman–Crippen LogP) is 12.2. The molecule has 1 atom stereocenters. The molecule has 0 radical (unpaired) electrons. The standard InChI is InChI=1S/C41H78O6/c1-6-7-8-9-14-21-26-31-39(42)45-34-38(47-41(44)33-28-23-18-13-16-20-25-30-37(4)5)35-46-40(43)32-27-22-17-12-10-11-15-19-24-29-36(2)3/h36-38H,6-35H2,1-5H3/t38-/m0/s1. The Hall–Kier alpha value is -1.59. The first-order chi connectivity index (χ1) is 22.7. The molecule has 0 N–H and O–H groups in total. The zero-order valence-electron chi connectivity index (χ0n) is 31.9. The van der Waals surface area contributed by atoms with E-state index in [-0.39, 0.29) is 31.1 Å². The molecule has 47 heavy (non-hydrogen) atoms. The van der Waals surface area contributed by atoms with Crippen LogP contribution in [0, 0.1) is 11.8 Å². The van der Waals surface area contributed by atoms with Crippen LogP contribution in [0.2, 0.25) is 0 Å². The fraction of sp³-hybridized carbons (Fsp3) is 0.927. The second-order valence-electron chi connectivity index (χ2n) is 14.9. The van der Waals surface area contributed by atoms with Gasteiger partial charge in [0, 0.05) is 19.3 Å². The maximum atomic E-state index is 12.6. The summed E-state index contributed by atoms with van der Waals surface area (Å²) >= 11 is 0. The molecule has 0 aromatic heterocycles. The van der Waals surface area contributed by atoms with Crippen LogP contribution in [0.3, 0.4) is 0 Å². The van der Waals surface area contributed by atoms with Crippen LogP contribution < -0.4 is 0 Å². The highest BCUT2D eigenvalue weighted by Crippen LogP contribution is 2.15. The Kier molecular flexibility index (Phi) is 33.1. The van der Waals surface area contributed by atoms with Crippen LogP contribution in [0.4, 0.5) is 0 Å². The molecule has 0 aliphatic rings. The van der Waals surface area contributed by atoms with Crippen molar-refractivity contribution in [2.75, 3.05) is 13.2 Å². The number of esters is 3. The molecule has 0 saturated carbocycles. The predicted molar refractivity (Wildman–Crippen MR) is 196 cm³/mol. The zero-order valence-corrected chi connectivity index (χ0v) is 31.9. The van der Waals surface area contributed by atoms with E-state index in [0.29, 0.717) is 19.3 Å². The summed E-state index contributed by atoms with van der Waals surface area (Å²) in [5, 5.41) is 0. The fourth-order valence-corrected chi connectivity index (χ4v) is 5.87. The SMILES string of the molecule is CCCCCCCCCC(=O)OC[C@@H](COC(=O)CCCCCCCCCCCC(C)C)OC(=O)CCCCCCCCCC(C)C. The molecular weight excluding hydrogens is 588 g/mol. The van der Waals surface area contributed by atoms with Gasteiger partial charge in [-0.25, -0.2) is 0 Å². The van der Waals surface area contributed by atoms with Crippen molar-refractivity contribution in [3.63, 3.8) is 0 Å². The Morgan fingerprint density at radius 2 is 0.702 bits per heavy atom. The molecule has 0 amide bonds. The van der Waals surface area contributed by atoms with Gasteiger partial charge in [-0.2, -0.15) is 0 Å². The van der Waals surface area contributed by atoms with Crippen LogP contribution in [0.25, 0.3) is 0 Å². The summed E-state index contributed by atoms with van der Waals surface area (Å²) in [6.45, 7) is 11.2. The fourth-order valence-electron chi connectivity index (χ4n) is 5.87. The Bertz CT molecular complexity index is 719. The van der Waals surface area contributed by atoms with Crippen LogP contribution in [0.1, 0.15) is 214 Å². The summed E-state index contributed by atoms with van der Waals surface area (Å²) in [6, 6.07) is 0. The van der Waals surface area contributed by atoms with Crippen molar-refractivity contribution in [3.8, 4) is 0 Å². The van der Waals surface area contributed by atoms with Gasteiger partial charge in [-0.1, -0.05) is 176 Å². The molecule has 6 nitrogen and oxygen atoms in total. The first-order valence-corrected chi connectivity index (χ1v) is 20.2. The lowest BCUT2D eigenvalue weighted by atomic mass is 10.0. The normalized spacial score (nSPS) is 12.1. The molecule has 0 fully saturated rings. The molecule has 0 saturated heterocycles. The smallest absolute Gasteiger partial charge is 0.306 e. The third-order valence-electron chi connectivity index (χ3n) is 8.97. The Labute approximate surface area is 291 Å². The van der Waals surface area contributed by atoms with Gasteiger partial charge in [0.25, 0.3) is 0 Å². The van der Waals surface area contributed by atoms with Gasteiger partial charge in [-0.3, -0.25) is 14.4 Å². The lowest BCUT2D eigenvalue weighted by molar-refractivity contribution is -0.167. The highest BCUT2D eigenvalue weighted by Gasteiger charge is 2.19. The van der Waals surface area contributed by atoms with Crippen LogP contribution in [-0.2, 0) is 28.6 Å². The van der Waals surface area contributed by atoms with Crippen LogP contribution in [0.15, 0.2) is 0 Å². The lowest BCUT2D eigenvalue weighted by Gasteiger charge is -2.18. The third-order valence-corrected chi connectivity index (χ3v) is 8.97. The molecule has 0 bridgehead atoms. The van der Waals surface area contributed by atoms with E-state index in [1.807, 2.05) is 0 Å². The van der Waals surface area contributed by atoms with Gasteiger partial charge in [-0.05, 0) is 31.1 Å². The molecule has 0 aliphatic heterocycles. The van der Waals surface area contributed by atoms with Crippen LogP contribution in [-0.4, -0.2) is 37.2 Å². The lowest BCUT2D eigenvalue weighted by Crippen LogP contribution is -2.30. The maximum absolute atomic E-state index is 12.6. The van der Waals surface area contributed by atoms with Crippen LogP contribution in [0.5, 0.6) is 0 Å². The van der Waals surface area contributed by atoms with E-state index in [1.54, 1.807) is 0 Å². The van der Waals surface area contributed by atoms with Crippen molar-refractivity contribution in [2.24, 2.45) is 11.8 Å². The minimum Gasteiger partial charge on any atom is -0.462 e. The van der Waals surface area contributed by atoms with Gasteiger partial charge < -0.3 is 14.2 Å². The average Bonchev–Trinajstić information content (AvgIpc) is 3.03. The number of rotatable bonds is 35. The summed E-state index contributed by atoms with van der Waals surface area (Å²) in [7, 11) is 0. The molecule has 0 aromatic rings. The van der Waals surface area contributed by atoms with E-state index in [2.05, 4.69) is 34.6 Å². The van der Waals surface area contributed by atoms with Gasteiger partial charge in [-0.15, -0.1) is 0 Å². The van der Waals surface area contributed by atoms with Gasteiger partial charge in [0.1, 0.15) is 13.2 Å². The summed E-state index contributed by atoms with van der Waals surface area (Å²) in [5.74, 6) is 0.712. The highest BCUT2D eigenvalue weighted by atomic mass is 16.6. The van der Waals surface area contributed by atoms with Gasteiger partial charge in [0.05, 0.1) is 0 Å². The summed E-state index contributed by atoms with van der Waals surface area (Å²) in [5.41, 5.74) is 0. The third kappa shape index (κ3) is 35.5. The van der Waals surface area contributed by atoms with Crippen LogP contribution >= 0.6 is 0 Å². The Morgan fingerprint density at radius 3 is 1.04 bits per heavy atom. The molecular formula is C41H78O6. The second-order valence-corrected chi connectivity index (χ2v) is 14.9. The zero-order chi connectivity index (χ0) is 34.8. The molecule has 0 rings (SSSR count). The molecule has 0 heterocycles. The second kappa shape index (κ2) is 34.3. The van der Waals surface area contributed by atoms with Crippen molar-refractivity contribution in [1.82, 2.24) is 0 Å². The monoisotopic (exact) mass is 667 g/mol. The first-order valence-electron chi connectivity index (χ1n) is 20.2. The molecule has 278 valence electrons. The maximum Gasteiger partial charge on any atom is 0.306 e. The van der Waals surface area contributed by atoms with E-state index in [1.165, 1.54) is 103 Å². The van der Waals surface area contributed by atoms with Gasteiger partial charge >= 0.3 is 17.9 Å². The first kappa shape index (κ1) is 45.4. The molecule has 0 spiro atoms. The van der Waals surface area contributed by atoms with Crippen molar-refractivity contribution < 1.29 is 28.6 Å². The molecule has 0 aromatic carbocycles. The average molecular weight is 667 g/mol. The molecule has 0 aliphatic carbocycles. The Balaban J connectivity index is 4.32. The number of carbonyl (C=O) groups is 3. The van der Waals surface area contributed by atoms with Crippen molar-refractivity contribution in [2.45, 2.75) is 221 Å². The minimum absolute atomic E-state index is 0.0670. The summed E-state index contributed by atoms with van der Waals surface area (Å²) in [4.78, 5) is 37.4. The quantitative estimate of drug-likeness (QED) is 0.0380. The van der Waals surface area contributed by atoms with E-state index >= 15 is 0 Å². The number of ether oxygens (including phenoxy) is 3. The number of hydrogen-bond donors (Lipinski definition) is 0. The van der Waals surface area contributed by atoms with E-state index in [0.717, 1.165) is 69.6 Å². The number of unbranched alkanes of at least 4 members (excludes halogenated alkanes) is 20. The molecule has 6 heteroatoms. The van der Waals surface area contributed by atoms with Gasteiger partial charge in [0.15, 0.2) is 6.10 Å². The number of carbonyl (C=O) groups excluding carboxylic acids is 3. The van der Waals surface area contributed by atoms with E-state index < -0.39 is 6.10 Å². The topological polar surface area (TPSA) is 78.9 Å².